The maximum atomic E-state index is 14.1. The molecule has 0 bridgehead atoms. The molecule has 4 aromatic heterocycles. The van der Waals surface area contributed by atoms with Crippen LogP contribution < -0.4 is 16.2 Å². The lowest BCUT2D eigenvalue weighted by Crippen LogP contribution is -2.14. The van der Waals surface area contributed by atoms with Crippen LogP contribution in [0.2, 0.25) is 0 Å². The van der Waals surface area contributed by atoms with Crippen molar-refractivity contribution in [3.05, 3.63) is 66.0 Å². The number of nitrogen functional groups attached to an aromatic ring is 1. The van der Waals surface area contributed by atoms with E-state index in [1.54, 1.807) is 42.3 Å². The standard InChI is InChI=1S/C21H17FN8O2/c1-10(18-16(30-4-2-3-26-30)6-12-9-25-29-21(12)28-18)32-17-7-11-5-13(20(24)31)14(22)8-15(11)27-19(17)23/h2-10H,1H3,(H2,23,27)(H2,24,31)(H,25,28,29). The van der Waals surface area contributed by atoms with Gasteiger partial charge in [-0.3, -0.25) is 9.89 Å². The Kier molecular flexibility index (Phi) is 4.43. The molecule has 5 N–H and O–H groups in total. The van der Waals surface area contributed by atoms with Crippen LogP contribution in [-0.2, 0) is 0 Å². The number of rotatable bonds is 5. The SMILES string of the molecule is CC(Oc1cc2cc(C(N)=O)c(F)cc2nc1N)c1nc2[nH]ncc2cc1-n1cccn1. The van der Waals surface area contributed by atoms with Crippen molar-refractivity contribution in [2.45, 2.75) is 13.0 Å². The largest absolute Gasteiger partial charge is 0.480 e. The van der Waals surface area contributed by atoms with Crippen molar-refractivity contribution >= 4 is 33.7 Å². The number of carbonyl (C=O) groups is 1. The van der Waals surface area contributed by atoms with Crippen LogP contribution in [0.3, 0.4) is 0 Å². The maximum absolute atomic E-state index is 14.1. The van der Waals surface area contributed by atoms with Crippen molar-refractivity contribution < 1.29 is 13.9 Å². The number of fused-ring (bicyclic) bond motifs is 2. The lowest BCUT2D eigenvalue weighted by Gasteiger charge is -2.19. The molecule has 0 saturated carbocycles. The van der Waals surface area contributed by atoms with Gasteiger partial charge in [-0.1, -0.05) is 0 Å². The van der Waals surface area contributed by atoms with Gasteiger partial charge < -0.3 is 16.2 Å². The van der Waals surface area contributed by atoms with Crippen LogP contribution in [0.1, 0.15) is 29.1 Å². The zero-order valence-corrected chi connectivity index (χ0v) is 16.8. The smallest absolute Gasteiger partial charge is 0.251 e. The number of benzene rings is 1. The maximum Gasteiger partial charge on any atom is 0.251 e. The highest BCUT2D eigenvalue weighted by atomic mass is 19.1. The van der Waals surface area contributed by atoms with Crippen LogP contribution in [0.4, 0.5) is 10.2 Å². The van der Waals surface area contributed by atoms with Gasteiger partial charge in [-0.25, -0.2) is 19.0 Å². The van der Waals surface area contributed by atoms with Gasteiger partial charge in [0.1, 0.15) is 17.6 Å². The number of H-pyrrole nitrogens is 1. The van der Waals surface area contributed by atoms with Crippen molar-refractivity contribution in [2.75, 3.05) is 5.73 Å². The first-order valence-electron chi connectivity index (χ1n) is 9.61. The van der Waals surface area contributed by atoms with E-state index in [2.05, 4.69) is 25.3 Å². The third-order valence-electron chi connectivity index (χ3n) is 5.04. The van der Waals surface area contributed by atoms with Gasteiger partial charge in [0.15, 0.2) is 17.2 Å². The van der Waals surface area contributed by atoms with Crippen LogP contribution in [0.5, 0.6) is 5.75 Å². The topological polar surface area (TPSA) is 151 Å². The molecule has 0 aliphatic heterocycles. The first-order valence-corrected chi connectivity index (χ1v) is 9.61. The molecule has 0 aliphatic carbocycles. The molecule has 11 heteroatoms. The quantitative estimate of drug-likeness (QED) is 0.386. The highest BCUT2D eigenvalue weighted by Crippen LogP contribution is 2.32. The Morgan fingerprint density at radius 1 is 1.22 bits per heavy atom. The number of ether oxygens (including phenoxy) is 1. The number of primary amides is 1. The third kappa shape index (κ3) is 3.25. The number of nitrogens with zero attached hydrogens (tertiary/aromatic N) is 5. The van der Waals surface area contributed by atoms with Crippen molar-refractivity contribution in [1.29, 1.82) is 0 Å². The summed E-state index contributed by atoms with van der Waals surface area (Å²) in [6.07, 6.45) is 4.56. The molecule has 0 aliphatic rings. The Hall–Kier alpha value is -4.54. The second kappa shape index (κ2) is 7.30. The molecule has 0 fully saturated rings. The van der Waals surface area contributed by atoms with E-state index in [4.69, 9.17) is 16.2 Å². The molecule has 0 radical (unpaired) electrons. The van der Waals surface area contributed by atoms with E-state index in [1.807, 2.05) is 6.07 Å². The number of anilines is 1. The molecular formula is C21H17FN8O2. The summed E-state index contributed by atoms with van der Waals surface area (Å²) in [5.74, 6) is -1.32. The van der Waals surface area contributed by atoms with Crippen molar-refractivity contribution in [3.63, 3.8) is 0 Å². The molecular weight excluding hydrogens is 415 g/mol. The van der Waals surface area contributed by atoms with Gasteiger partial charge in [-0.2, -0.15) is 10.2 Å². The zero-order valence-electron chi connectivity index (χ0n) is 16.8. The Bertz CT molecular complexity index is 1480. The van der Waals surface area contributed by atoms with Gasteiger partial charge in [0, 0.05) is 29.2 Å². The normalized spacial score (nSPS) is 12.3. The Labute approximate surface area is 180 Å². The summed E-state index contributed by atoms with van der Waals surface area (Å²) in [6.45, 7) is 1.81. The fourth-order valence-electron chi connectivity index (χ4n) is 3.50. The first kappa shape index (κ1) is 19.4. The van der Waals surface area contributed by atoms with Crippen molar-refractivity contribution in [2.24, 2.45) is 5.73 Å². The molecule has 160 valence electrons. The average Bonchev–Trinajstić information content (AvgIpc) is 3.44. The van der Waals surface area contributed by atoms with Crippen LogP contribution in [0.25, 0.3) is 27.6 Å². The van der Waals surface area contributed by atoms with Gasteiger partial charge in [-0.05, 0) is 31.2 Å². The highest BCUT2D eigenvalue weighted by Gasteiger charge is 2.20. The summed E-state index contributed by atoms with van der Waals surface area (Å²) in [5.41, 5.74) is 13.2. The molecule has 5 aromatic rings. The minimum atomic E-state index is -0.877. The predicted octanol–water partition coefficient (Wildman–Crippen LogP) is 2.65. The minimum absolute atomic E-state index is 0.0684. The van der Waals surface area contributed by atoms with E-state index >= 15 is 0 Å². The summed E-state index contributed by atoms with van der Waals surface area (Å²) >= 11 is 0. The lowest BCUT2D eigenvalue weighted by atomic mass is 10.1. The molecule has 1 aromatic carbocycles. The zero-order chi connectivity index (χ0) is 22.4. The fourth-order valence-corrected chi connectivity index (χ4v) is 3.50. The van der Waals surface area contributed by atoms with E-state index in [0.717, 1.165) is 11.5 Å². The fraction of sp³-hybridized carbons (Fsp3) is 0.0952. The van der Waals surface area contributed by atoms with E-state index in [-0.39, 0.29) is 22.6 Å². The highest BCUT2D eigenvalue weighted by molar-refractivity contribution is 5.97. The molecule has 1 amide bonds. The van der Waals surface area contributed by atoms with E-state index in [9.17, 15) is 9.18 Å². The molecule has 1 atom stereocenters. The molecule has 5 rings (SSSR count). The summed E-state index contributed by atoms with van der Waals surface area (Å²) in [5, 5.41) is 12.4. The number of nitrogens with one attached hydrogen (secondary N) is 1. The van der Waals surface area contributed by atoms with E-state index in [1.165, 1.54) is 6.07 Å². The average molecular weight is 432 g/mol. The van der Waals surface area contributed by atoms with Gasteiger partial charge in [-0.15, -0.1) is 0 Å². The van der Waals surface area contributed by atoms with Crippen molar-refractivity contribution in [1.82, 2.24) is 29.9 Å². The number of hydrogen-bond donors (Lipinski definition) is 3. The van der Waals surface area contributed by atoms with Gasteiger partial charge in [0.2, 0.25) is 0 Å². The Morgan fingerprint density at radius 3 is 2.81 bits per heavy atom. The third-order valence-corrected chi connectivity index (χ3v) is 5.04. The summed E-state index contributed by atoms with van der Waals surface area (Å²) < 4.78 is 21.9. The van der Waals surface area contributed by atoms with Gasteiger partial charge in [0.05, 0.1) is 23.0 Å². The number of hydrogen-bond acceptors (Lipinski definition) is 7. The van der Waals surface area contributed by atoms with Crippen LogP contribution in [-0.4, -0.2) is 35.9 Å². The lowest BCUT2D eigenvalue weighted by molar-refractivity contribution is 0.0996. The molecule has 10 nitrogen and oxygen atoms in total. The number of halogens is 1. The van der Waals surface area contributed by atoms with E-state index in [0.29, 0.717) is 22.4 Å². The summed E-state index contributed by atoms with van der Waals surface area (Å²) in [7, 11) is 0. The van der Waals surface area contributed by atoms with Crippen molar-refractivity contribution in [3.8, 4) is 11.4 Å². The number of nitrogens with two attached hydrogens (primary N) is 2. The predicted molar refractivity (Wildman–Crippen MR) is 115 cm³/mol. The number of pyridine rings is 2. The summed E-state index contributed by atoms with van der Waals surface area (Å²) in [6, 6.07) is 7.72. The number of amides is 1. The number of aromatic amines is 1. The number of carbonyl (C=O) groups excluding carboxylic acids is 1. The number of aromatic nitrogens is 6. The molecule has 4 heterocycles. The monoisotopic (exact) mass is 432 g/mol. The first-order chi connectivity index (χ1) is 15.4. The van der Waals surface area contributed by atoms with Gasteiger partial charge in [0.25, 0.3) is 5.91 Å². The van der Waals surface area contributed by atoms with Crippen LogP contribution in [0, 0.1) is 5.82 Å². The molecule has 1 unspecified atom stereocenters. The Balaban J connectivity index is 1.57. The van der Waals surface area contributed by atoms with Crippen LogP contribution >= 0.6 is 0 Å². The minimum Gasteiger partial charge on any atom is -0.480 e. The van der Waals surface area contributed by atoms with Gasteiger partial charge >= 0.3 is 0 Å². The van der Waals surface area contributed by atoms with Crippen LogP contribution in [0.15, 0.2) is 48.9 Å². The molecule has 0 spiro atoms. The molecule has 0 saturated heterocycles. The summed E-state index contributed by atoms with van der Waals surface area (Å²) in [4.78, 5) is 20.4. The second-order valence-electron chi connectivity index (χ2n) is 7.17. The second-order valence-corrected chi connectivity index (χ2v) is 7.17. The van der Waals surface area contributed by atoms with E-state index < -0.39 is 17.8 Å². The molecule has 32 heavy (non-hydrogen) atoms. The Morgan fingerprint density at radius 2 is 2.06 bits per heavy atom.